The van der Waals surface area contributed by atoms with Gasteiger partial charge in [-0.05, 0) is 35.9 Å². The fourth-order valence-electron chi connectivity index (χ4n) is 1.66. The Labute approximate surface area is 141 Å². The van der Waals surface area contributed by atoms with Crippen LogP contribution in [0, 0.1) is 0 Å². The molecule has 112 valence electrons. The molecule has 4 nitrogen and oxygen atoms in total. The lowest BCUT2D eigenvalue weighted by Gasteiger charge is -2.12. The molecule has 0 aromatic heterocycles. The lowest BCUT2D eigenvalue weighted by molar-refractivity contribution is 0.601. The average molecular weight is 410 g/mol. The van der Waals surface area contributed by atoms with Crippen LogP contribution < -0.4 is 10.5 Å². The van der Waals surface area contributed by atoms with E-state index >= 15 is 0 Å². The Balaban J connectivity index is 2.45. The minimum Gasteiger partial charge on any atom is -0.326 e. The predicted molar refractivity (Wildman–Crippen MR) is 89.3 cm³/mol. The normalized spacial score (nSPS) is 11.4. The van der Waals surface area contributed by atoms with E-state index < -0.39 is 10.0 Å². The van der Waals surface area contributed by atoms with Crippen LogP contribution in [0.15, 0.2) is 45.8 Å². The van der Waals surface area contributed by atoms with Gasteiger partial charge < -0.3 is 5.73 Å². The molecule has 2 aromatic carbocycles. The summed E-state index contributed by atoms with van der Waals surface area (Å²) >= 11 is 15.2. The summed E-state index contributed by atoms with van der Waals surface area (Å²) in [5.74, 6) is 0. The lowest BCUT2D eigenvalue weighted by atomic mass is 10.2. The van der Waals surface area contributed by atoms with Crippen molar-refractivity contribution < 1.29 is 8.42 Å². The first-order valence-corrected chi connectivity index (χ1v) is 8.83. The van der Waals surface area contributed by atoms with Crippen LogP contribution in [0.3, 0.4) is 0 Å². The standard InChI is InChI=1S/C13H11BrCl2N2O2S/c14-9-2-4-10(15)12(6-9)18-21(19,20)13-5-8(7-17)1-3-11(13)16/h1-6,18H,7,17H2. The number of sulfonamides is 1. The predicted octanol–water partition coefficient (Wildman–Crippen LogP) is 4.02. The maximum atomic E-state index is 12.4. The van der Waals surface area contributed by atoms with Crippen LogP contribution in [0.1, 0.15) is 5.56 Å². The molecule has 0 fully saturated rings. The number of anilines is 1. The lowest BCUT2D eigenvalue weighted by Crippen LogP contribution is -2.14. The highest BCUT2D eigenvalue weighted by atomic mass is 79.9. The molecule has 0 aliphatic carbocycles. The van der Waals surface area contributed by atoms with Crippen molar-refractivity contribution in [2.75, 3.05) is 4.72 Å². The Morgan fingerprint density at radius 3 is 2.43 bits per heavy atom. The summed E-state index contributed by atoms with van der Waals surface area (Å²) in [7, 11) is -3.86. The summed E-state index contributed by atoms with van der Waals surface area (Å²) in [4.78, 5) is -0.0387. The fraction of sp³-hybridized carbons (Fsp3) is 0.0769. The minimum absolute atomic E-state index is 0.0387. The molecule has 8 heteroatoms. The summed E-state index contributed by atoms with van der Waals surface area (Å²) in [5.41, 5.74) is 6.45. The molecule has 2 aromatic rings. The molecule has 0 aliphatic heterocycles. The van der Waals surface area contributed by atoms with E-state index in [1.54, 1.807) is 24.3 Å². The van der Waals surface area contributed by atoms with Crippen molar-refractivity contribution in [1.82, 2.24) is 0 Å². The second-order valence-electron chi connectivity index (χ2n) is 4.20. The molecular formula is C13H11BrCl2N2O2S. The van der Waals surface area contributed by atoms with E-state index in [1.165, 1.54) is 12.1 Å². The van der Waals surface area contributed by atoms with Crippen LogP contribution in [-0.2, 0) is 16.6 Å². The zero-order valence-corrected chi connectivity index (χ0v) is 14.5. The Morgan fingerprint density at radius 1 is 1.10 bits per heavy atom. The summed E-state index contributed by atoms with van der Waals surface area (Å²) in [6, 6.07) is 9.48. The molecule has 21 heavy (non-hydrogen) atoms. The van der Waals surface area contributed by atoms with Crippen LogP contribution in [0.5, 0.6) is 0 Å². The SMILES string of the molecule is NCc1ccc(Cl)c(S(=O)(=O)Nc2cc(Br)ccc2Cl)c1. The van der Waals surface area contributed by atoms with Crippen molar-refractivity contribution in [2.24, 2.45) is 5.73 Å². The van der Waals surface area contributed by atoms with Crippen molar-refractivity contribution in [3.05, 3.63) is 56.5 Å². The molecule has 0 aliphatic rings. The van der Waals surface area contributed by atoms with E-state index in [2.05, 4.69) is 20.7 Å². The summed E-state index contributed by atoms with van der Waals surface area (Å²) < 4.78 is 28.0. The molecule has 0 amide bonds. The van der Waals surface area contributed by atoms with Gasteiger partial charge in [0, 0.05) is 11.0 Å². The quantitative estimate of drug-likeness (QED) is 0.800. The highest BCUT2D eigenvalue weighted by Crippen LogP contribution is 2.30. The Kier molecular flexibility index (Phi) is 5.16. The Bertz CT molecular complexity index is 782. The molecule has 0 atom stereocenters. The van der Waals surface area contributed by atoms with Gasteiger partial charge in [0.05, 0.1) is 15.7 Å². The molecule has 0 bridgehead atoms. The molecule has 0 radical (unpaired) electrons. The maximum Gasteiger partial charge on any atom is 0.263 e. The number of halogens is 3. The first kappa shape index (κ1) is 16.6. The van der Waals surface area contributed by atoms with Crippen LogP contribution in [0.4, 0.5) is 5.69 Å². The molecular weight excluding hydrogens is 399 g/mol. The van der Waals surface area contributed by atoms with Crippen LogP contribution in [0.25, 0.3) is 0 Å². The number of nitrogens with one attached hydrogen (secondary N) is 1. The largest absolute Gasteiger partial charge is 0.326 e. The summed E-state index contributed by atoms with van der Waals surface area (Å²) in [6.07, 6.45) is 0. The fourth-order valence-corrected chi connectivity index (χ4v) is 3.86. The zero-order valence-electron chi connectivity index (χ0n) is 10.6. The van der Waals surface area contributed by atoms with E-state index in [0.717, 1.165) is 0 Å². The van der Waals surface area contributed by atoms with Crippen LogP contribution in [-0.4, -0.2) is 8.42 Å². The molecule has 0 spiro atoms. The van der Waals surface area contributed by atoms with E-state index in [1.807, 2.05) is 0 Å². The number of nitrogens with two attached hydrogens (primary N) is 1. The average Bonchev–Trinajstić information content (AvgIpc) is 2.43. The van der Waals surface area contributed by atoms with Gasteiger partial charge in [0.1, 0.15) is 4.90 Å². The smallest absolute Gasteiger partial charge is 0.263 e. The van der Waals surface area contributed by atoms with Crippen molar-refractivity contribution in [2.45, 2.75) is 11.4 Å². The number of benzene rings is 2. The van der Waals surface area contributed by atoms with Gasteiger partial charge in [0.15, 0.2) is 0 Å². The van der Waals surface area contributed by atoms with Gasteiger partial charge in [-0.3, -0.25) is 4.72 Å². The number of hydrogen-bond acceptors (Lipinski definition) is 3. The van der Waals surface area contributed by atoms with Gasteiger partial charge >= 0.3 is 0 Å². The molecule has 2 rings (SSSR count). The van der Waals surface area contributed by atoms with Gasteiger partial charge in [0.25, 0.3) is 10.0 Å². The van der Waals surface area contributed by atoms with Gasteiger partial charge in [0.2, 0.25) is 0 Å². The van der Waals surface area contributed by atoms with Gasteiger partial charge in [-0.2, -0.15) is 0 Å². The molecule has 0 heterocycles. The van der Waals surface area contributed by atoms with E-state index in [-0.39, 0.29) is 27.2 Å². The molecule has 3 N–H and O–H groups in total. The third kappa shape index (κ3) is 3.90. The Morgan fingerprint density at radius 2 is 1.76 bits per heavy atom. The van der Waals surface area contributed by atoms with Crippen LogP contribution in [0.2, 0.25) is 10.0 Å². The molecule has 0 saturated carbocycles. The van der Waals surface area contributed by atoms with E-state index in [4.69, 9.17) is 28.9 Å². The number of hydrogen-bond donors (Lipinski definition) is 2. The third-order valence-electron chi connectivity index (χ3n) is 2.69. The van der Waals surface area contributed by atoms with Crippen molar-refractivity contribution in [1.29, 1.82) is 0 Å². The van der Waals surface area contributed by atoms with E-state index in [0.29, 0.717) is 10.0 Å². The van der Waals surface area contributed by atoms with E-state index in [9.17, 15) is 8.42 Å². The van der Waals surface area contributed by atoms with Crippen molar-refractivity contribution >= 4 is 54.8 Å². The molecule has 0 unspecified atom stereocenters. The second kappa shape index (κ2) is 6.54. The van der Waals surface area contributed by atoms with Crippen molar-refractivity contribution in [3.8, 4) is 0 Å². The highest BCUT2D eigenvalue weighted by molar-refractivity contribution is 9.10. The Hall–Kier alpha value is -0.790. The first-order chi connectivity index (χ1) is 9.83. The summed E-state index contributed by atoms with van der Waals surface area (Å²) in [5, 5.41) is 0.402. The topological polar surface area (TPSA) is 72.2 Å². The first-order valence-electron chi connectivity index (χ1n) is 5.80. The number of rotatable bonds is 4. The minimum atomic E-state index is -3.86. The second-order valence-corrected chi connectivity index (χ2v) is 7.58. The van der Waals surface area contributed by atoms with Crippen molar-refractivity contribution in [3.63, 3.8) is 0 Å². The van der Waals surface area contributed by atoms with Gasteiger partial charge in [-0.1, -0.05) is 45.2 Å². The monoisotopic (exact) mass is 408 g/mol. The maximum absolute atomic E-state index is 12.4. The van der Waals surface area contributed by atoms with Gasteiger partial charge in [-0.15, -0.1) is 0 Å². The zero-order chi connectivity index (χ0) is 15.6. The summed E-state index contributed by atoms with van der Waals surface area (Å²) in [6.45, 7) is 0.220. The molecule has 0 saturated heterocycles. The highest BCUT2D eigenvalue weighted by Gasteiger charge is 2.19. The third-order valence-corrected chi connectivity index (χ3v) is 5.36. The van der Waals surface area contributed by atoms with Crippen LogP contribution >= 0.6 is 39.1 Å². The van der Waals surface area contributed by atoms with Gasteiger partial charge in [-0.25, -0.2) is 8.42 Å².